The Morgan fingerprint density at radius 2 is 1.19 bits per heavy atom. The van der Waals surface area contributed by atoms with Gasteiger partial charge < -0.3 is 0 Å². The maximum absolute atomic E-state index is 13.2. The first-order valence-electron chi connectivity index (χ1n) is 9.52. The Morgan fingerprint density at radius 3 is 1.55 bits per heavy atom. The first kappa shape index (κ1) is 24.2. The molecule has 31 heavy (non-hydrogen) atoms. The molecule has 0 bridgehead atoms. The van der Waals surface area contributed by atoms with E-state index >= 15 is 0 Å². The van der Waals surface area contributed by atoms with Crippen LogP contribution in [0.4, 0.5) is 26.3 Å². The van der Waals surface area contributed by atoms with E-state index in [2.05, 4.69) is 0 Å². The first-order valence-corrected chi connectivity index (χ1v) is 10.3. The highest BCUT2D eigenvalue weighted by atomic mass is 35.5. The van der Waals surface area contributed by atoms with Gasteiger partial charge in [0.15, 0.2) is 0 Å². The fourth-order valence-corrected chi connectivity index (χ4v) is 4.34. The number of halogens is 8. The van der Waals surface area contributed by atoms with Gasteiger partial charge in [-0.05, 0) is 42.3 Å². The average molecular weight is 485 g/mol. The molecule has 0 aromatic heterocycles. The molecule has 0 aliphatic carbocycles. The van der Waals surface area contributed by atoms with E-state index < -0.39 is 24.4 Å². The van der Waals surface area contributed by atoms with E-state index in [0.717, 1.165) is 11.1 Å². The summed E-state index contributed by atoms with van der Waals surface area (Å²) in [5, 5.41) is 1.05. The van der Waals surface area contributed by atoms with Crippen LogP contribution in [0.2, 0.25) is 10.0 Å². The molecule has 2 nitrogen and oxygen atoms in total. The monoisotopic (exact) mass is 484 g/mol. The van der Waals surface area contributed by atoms with Crippen LogP contribution in [0.3, 0.4) is 0 Å². The predicted molar refractivity (Wildman–Crippen MR) is 108 cm³/mol. The van der Waals surface area contributed by atoms with Crippen molar-refractivity contribution in [2.24, 2.45) is 0 Å². The maximum Gasteiger partial charge on any atom is 0.412 e. The van der Waals surface area contributed by atoms with Gasteiger partial charge in [0.25, 0.3) is 0 Å². The molecule has 2 aromatic carbocycles. The standard InChI is InChI=1S/C21H20Cl2F6N2/c1-13-12-30(19(20(24,25)26)21(27,28)29)10-11-31(13)18(14-2-6-16(22)7-3-14)15-4-8-17(23)9-5-15/h2-9,13,18-19H,10-12H2,1H3. The summed E-state index contributed by atoms with van der Waals surface area (Å²) < 4.78 is 79.1. The number of alkyl halides is 6. The van der Waals surface area contributed by atoms with Gasteiger partial charge in [0, 0.05) is 35.7 Å². The van der Waals surface area contributed by atoms with E-state index in [-0.39, 0.29) is 25.7 Å². The van der Waals surface area contributed by atoms with E-state index in [4.69, 9.17) is 23.2 Å². The van der Waals surface area contributed by atoms with E-state index in [0.29, 0.717) is 14.9 Å². The smallest absolute Gasteiger partial charge is 0.287 e. The molecule has 1 atom stereocenters. The lowest BCUT2D eigenvalue weighted by Gasteiger charge is -2.47. The van der Waals surface area contributed by atoms with Crippen LogP contribution in [0.5, 0.6) is 0 Å². The zero-order chi connectivity index (χ0) is 23.0. The molecule has 0 radical (unpaired) electrons. The first-order chi connectivity index (χ1) is 14.4. The fourth-order valence-electron chi connectivity index (χ4n) is 4.08. The van der Waals surface area contributed by atoms with Crippen molar-refractivity contribution in [3.8, 4) is 0 Å². The van der Waals surface area contributed by atoms with Crippen molar-refractivity contribution in [3.05, 3.63) is 69.7 Å². The molecule has 0 spiro atoms. The lowest BCUT2D eigenvalue weighted by molar-refractivity contribution is -0.291. The number of rotatable bonds is 4. The number of benzene rings is 2. The summed E-state index contributed by atoms with van der Waals surface area (Å²) in [6.07, 6.45) is -10.8. The third kappa shape index (κ3) is 5.66. The number of hydrogen-bond acceptors (Lipinski definition) is 2. The minimum atomic E-state index is -5.40. The van der Waals surface area contributed by atoms with Gasteiger partial charge in [-0.1, -0.05) is 47.5 Å². The topological polar surface area (TPSA) is 6.48 Å². The van der Waals surface area contributed by atoms with Gasteiger partial charge in [0.05, 0.1) is 6.04 Å². The van der Waals surface area contributed by atoms with Gasteiger partial charge in [-0.15, -0.1) is 0 Å². The van der Waals surface area contributed by atoms with Crippen LogP contribution >= 0.6 is 23.2 Å². The fraction of sp³-hybridized carbons (Fsp3) is 0.429. The van der Waals surface area contributed by atoms with Crippen LogP contribution in [0.1, 0.15) is 24.1 Å². The SMILES string of the molecule is CC1CN(C(C(F)(F)F)C(F)(F)F)CCN1C(c1ccc(Cl)cc1)c1ccc(Cl)cc1. The number of piperazine rings is 1. The second-order valence-corrected chi connectivity index (χ2v) is 8.45. The van der Waals surface area contributed by atoms with Gasteiger partial charge >= 0.3 is 12.4 Å². The highest BCUT2D eigenvalue weighted by Crippen LogP contribution is 2.40. The number of hydrogen-bond donors (Lipinski definition) is 0. The Balaban J connectivity index is 1.91. The molecule has 3 rings (SSSR count). The Labute approximate surface area is 186 Å². The summed E-state index contributed by atoms with van der Waals surface area (Å²) >= 11 is 12.0. The van der Waals surface area contributed by atoms with Crippen molar-refractivity contribution in [3.63, 3.8) is 0 Å². The predicted octanol–water partition coefficient (Wildman–Crippen LogP) is 6.58. The Morgan fingerprint density at radius 1 is 0.774 bits per heavy atom. The molecule has 1 unspecified atom stereocenters. The van der Waals surface area contributed by atoms with Crippen molar-refractivity contribution >= 4 is 23.2 Å². The van der Waals surface area contributed by atoms with Gasteiger partial charge in [0.2, 0.25) is 6.04 Å². The molecule has 1 heterocycles. The van der Waals surface area contributed by atoms with Crippen LogP contribution in [0.15, 0.2) is 48.5 Å². The molecule has 0 saturated carbocycles. The molecule has 0 N–H and O–H groups in total. The van der Waals surface area contributed by atoms with Crippen LogP contribution in [0.25, 0.3) is 0 Å². The van der Waals surface area contributed by atoms with Gasteiger partial charge in [-0.25, -0.2) is 0 Å². The van der Waals surface area contributed by atoms with E-state index in [1.165, 1.54) is 0 Å². The molecule has 1 saturated heterocycles. The van der Waals surface area contributed by atoms with E-state index in [1.54, 1.807) is 55.5 Å². The van der Waals surface area contributed by atoms with Gasteiger partial charge in [-0.3, -0.25) is 9.80 Å². The van der Waals surface area contributed by atoms with Gasteiger partial charge in [0.1, 0.15) is 0 Å². The van der Waals surface area contributed by atoms with Crippen molar-refractivity contribution in [2.75, 3.05) is 19.6 Å². The highest BCUT2D eigenvalue weighted by Gasteiger charge is 2.60. The van der Waals surface area contributed by atoms with Crippen LogP contribution in [0, 0.1) is 0 Å². The second kappa shape index (κ2) is 9.17. The molecular formula is C21H20Cl2F6N2. The summed E-state index contributed by atoms with van der Waals surface area (Å²) in [6.45, 7) is 0.918. The molecular weight excluding hydrogens is 465 g/mol. The van der Waals surface area contributed by atoms with E-state index in [9.17, 15) is 26.3 Å². The minimum absolute atomic E-state index is 0.0275. The summed E-state index contributed by atoms with van der Waals surface area (Å²) in [4.78, 5) is 2.38. The molecule has 1 aliphatic heterocycles. The van der Waals surface area contributed by atoms with Crippen molar-refractivity contribution in [1.82, 2.24) is 9.80 Å². The summed E-state index contributed by atoms with van der Waals surface area (Å²) in [6, 6.07) is 9.57. The zero-order valence-corrected chi connectivity index (χ0v) is 17.9. The minimum Gasteiger partial charge on any atom is -0.287 e. The van der Waals surface area contributed by atoms with E-state index in [1.807, 2.05) is 4.90 Å². The Bertz CT molecular complexity index is 808. The number of nitrogens with zero attached hydrogens (tertiary/aromatic N) is 2. The normalized spacial score (nSPS) is 19.4. The van der Waals surface area contributed by atoms with Crippen molar-refractivity contribution in [2.45, 2.75) is 37.4 Å². The average Bonchev–Trinajstić information content (AvgIpc) is 2.64. The Kier molecular flexibility index (Phi) is 7.15. The summed E-state index contributed by atoms with van der Waals surface area (Å²) in [7, 11) is 0. The lowest BCUT2D eigenvalue weighted by atomic mass is 9.94. The third-order valence-electron chi connectivity index (χ3n) is 5.40. The zero-order valence-electron chi connectivity index (χ0n) is 16.4. The lowest BCUT2D eigenvalue weighted by Crippen LogP contribution is -2.62. The molecule has 170 valence electrons. The Hall–Kier alpha value is -1.48. The van der Waals surface area contributed by atoms with Crippen LogP contribution in [-0.4, -0.2) is 53.9 Å². The van der Waals surface area contributed by atoms with Gasteiger partial charge in [-0.2, -0.15) is 26.3 Å². The largest absolute Gasteiger partial charge is 0.412 e. The van der Waals surface area contributed by atoms with Crippen LogP contribution < -0.4 is 0 Å². The summed E-state index contributed by atoms with van der Waals surface area (Å²) in [5.41, 5.74) is 1.66. The second-order valence-electron chi connectivity index (χ2n) is 7.57. The molecule has 1 aliphatic rings. The molecule has 2 aromatic rings. The summed E-state index contributed by atoms with van der Waals surface area (Å²) in [5.74, 6) is 0. The van der Waals surface area contributed by atoms with Crippen molar-refractivity contribution in [1.29, 1.82) is 0 Å². The molecule has 1 fully saturated rings. The molecule has 10 heteroatoms. The van der Waals surface area contributed by atoms with Crippen LogP contribution in [-0.2, 0) is 0 Å². The van der Waals surface area contributed by atoms with Crippen molar-refractivity contribution < 1.29 is 26.3 Å². The third-order valence-corrected chi connectivity index (χ3v) is 5.90. The molecule has 0 amide bonds. The highest BCUT2D eigenvalue weighted by molar-refractivity contribution is 6.30. The maximum atomic E-state index is 13.2. The quantitative estimate of drug-likeness (QED) is 0.452.